The molecular formula is C20H22O2. The third-order valence-electron chi connectivity index (χ3n) is 3.58. The average molecular weight is 294 g/mol. The van der Waals surface area contributed by atoms with Crippen LogP contribution in [0.5, 0.6) is 11.5 Å². The third-order valence-corrected chi connectivity index (χ3v) is 3.58. The first-order chi connectivity index (χ1) is 10.7. The lowest BCUT2D eigenvalue weighted by atomic mass is 9.98. The fourth-order valence-electron chi connectivity index (χ4n) is 2.50. The van der Waals surface area contributed by atoms with E-state index in [0.717, 1.165) is 35.5 Å². The summed E-state index contributed by atoms with van der Waals surface area (Å²) in [6, 6.07) is 12.4. The van der Waals surface area contributed by atoms with Crippen molar-refractivity contribution in [2.24, 2.45) is 0 Å². The summed E-state index contributed by atoms with van der Waals surface area (Å²) in [6.45, 7) is 7.56. The molecule has 0 atom stereocenters. The molecule has 0 aliphatic heterocycles. The molecule has 0 heterocycles. The second-order valence-electron chi connectivity index (χ2n) is 5.05. The van der Waals surface area contributed by atoms with Gasteiger partial charge in [-0.3, -0.25) is 0 Å². The maximum absolute atomic E-state index is 5.56. The Morgan fingerprint density at radius 1 is 0.773 bits per heavy atom. The first-order valence-electron chi connectivity index (χ1n) is 7.29. The fraction of sp³-hybridized carbons (Fsp3) is 0.200. The summed E-state index contributed by atoms with van der Waals surface area (Å²) in [6.07, 6.45) is 5.43. The van der Waals surface area contributed by atoms with Gasteiger partial charge in [0.05, 0.1) is 14.2 Å². The Labute approximate surface area is 132 Å². The molecule has 2 aromatic rings. The van der Waals surface area contributed by atoms with E-state index in [4.69, 9.17) is 9.47 Å². The van der Waals surface area contributed by atoms with Gasteiger partial charge in [0, 0.05) is 11.1 Å². The lowest BCUT2D eigenvalue weighted by molar-refractivity contribution is 0.410. The van der Waals surface area contributed by atoms with Gasteiger partial charge < -0.3 is 9.47 Å². The number of methoxy groups -OCH3 is 2. The maximum atomic E-state index is 5.56. The van der Waals surface area contributed by atoms with Crippen molar-refractivity contribution >= 4 is 0 Å². The van der Waals surface area contributed by atoms with Crippen LogP contribution < -0.4 is 9.47 Å². The molecule has 2 aromatic carbocycles. The van der Waals surface area contributed by atoms with Crippen LogP contribution >= 0.6 is 0 Å². The van der Waals surface area contributed by atoms with Crippen LogP contribution in [0.15, 0.2) is 61.7 Å². The molecule has 2 nitrogen and oxygen atoms in total. The number of hydrogen-bond acceptors (Lipinski definition) is 2. The normalized spacial score (nSPS) is 10.1. The van der Waals surface area contributed by atoms with Crippen molar-refractivity contribution < 1.29 is 9.47 Å². The summed E-state index contributed by atoms with van der Waals surface area (Å²) in [5, 5.41) is 0. The van der Waals surface area contributed by atoms with E-state index in [0.29, 0.717) is 0 Å². The van der Waals surface area contributed by atoms with Gasteiger partial charge in [-0.15, -0.1) is 13.2 Å². The van der Waals surface area contributed by atoms with Crippen molar-refractivity contribution in [1.29, 1.82) is 0 Å². The van der Waals surface area contributed by atoms with E-state index in [1.54, 1.807) is 14.2 Å². The molecule has 0 aliphatic carbocycles. The predicted octanol–water partition coefficient (Wildman–Crippen LogP) is 4.83. The van der Waals surface area contributed by atoms with Crippen molar-refractivity contribution in [3.05, 3.63) is 72.8 Å². The molecule has 0 spiro atoms. The molecule has 0 radical (unpaired) electrons. The SMILES string of the molecule is C=CCc1ccc(-c2ccc(CC=C)cc2OC)c(OC)c1. The highest BCUT2D eigenvalue weighted by atomic mass is 16.5. The Bertz CT molecular complexity index is 612. The topological polar surface area (TPSA) is 18.5 Å². The standard InChI is InChI=1S/C20H22O2/c1-5-7-15-9-11-17(19(13-15)21-3)18-12-10-16(8-6-2)14-20(18)22-4/h5-6,9-14H,1-2,7-8H2,3-4H3. The Morgan fingerprint density at radius 3 is 1.50 bits per heavy atom. The van der Waals surface area contributed by atoms with Gasteiger partial charge in [0.15, 0.2) is 0 Å². The van der Waals surface area contributed by atoms with Crippen molar-refractivity contribution in [3.8, 4) is 22.6 Å². The molecule has 22 heavy (non-hydrogen) atoms. The molecule has 0 saturated heterocycles. The molecule has 0 aliphatic rings. The number of hydrogen-bond donors (Lipinski definition) is 0. The minimum Gasteiger partial charge on any atom is -0.496 e. The minimum absolute atomic E-state index is 0.825. The molecule has 0 N–H and O–H groups in total. The zero-order valence-electron chi connectivity index (χ0n) is 13.3. The van der Waals surface area contributed by atoms with Gasteiger partial charge in [-0.25, -0.2) is 0 Å². The molecular weight excluding hydrogens is 272 g/mol. The molecule has 0 amide bonds. The zero-order valence-corrected chi connectivity index (χ0v) is 13.3. The highest BCUT2D eigenvalue weighted by Gasteiger charge is 2.12. The lowest BCUT2D eigenvalue weighted by Crippen LogP contribution is -1.94. The van der Waals surface area contributed by atoms with Crippen molar-refractivity contribution in [3.63, 3.8) is 0 Å². The third kappa shape index (κ3) is 3.40. The molecule has 0 fully saturated rings. The lowest BCUT2D eigenvalue weighted by Gasteiger charge is -2.14. The summed E-state index contributed by atoms with van der Waals surface area (Å²) >= 11 is 0. The Kier molecular flexibility index (Phi) is 5.42. The average Bonchev–Trinajstić information content (AvgIpc) is 2.55. The van der Waals surface area contributed by atoms with E-state index in [1.807, 2.05) is 24.3 Å². The van der Waals surface area contributed by atoms with Crippen molar-refractivity contribution in [2.45, 2.75) is 12.8 Å². The molecule has 0 bridgehead atoms. The van der Waals surface area contributed by atoms with Gasteiger partial charge in [-0.1, -0.05) is 36.4 Å². The van der Waals surface area contributed by atoms with Crippen LogP contribution in [0.1, 0.15) is 11.1 Å². The van der Waals surface area contributed by atoms with E-state index in [2.05, 4.69) is 37.4 Å². The summed E-state index contributed by atoms with van der Waals surface area (Å²) in [5.41, 5.74) is 4.41. The highest BCUT2D eigenvalue weighted by molar-refractivity contribution is 5.76. The summed E-state index contributed by atoms with van der Waals surface area (Å²) in [7, 11) is 3.38. The van der Waals surface area contributed by atoms with Crippen LogP contribution in [-0.4, -0.2) is 14.2 Å². The number of ether oxygens (including phenoxy) is 2. The predicted molar refractivity (Wildman–Crippen MR) is 92.8 cm³/mol. The largest absolute Gasteiger partial charge is 0.496 e. The second-order valence-corrected chi connectivity index (χ2v) is 5.05. The van der Waals surface area contributed by atoms with Crippen LogP contribution in [0, 0.1) is 0 Å². The maximum Gasteiger partial charge on any atom is 0.127 e. The number of benzene rings is 2. The zero-order chi connectivity index (χ0) is 15.9. The van der Waals surface area contributed by atoms with E-state index in [9.17, 15) is 0 Å². The Hall–Kier alpha value is -2.48. The number of allylic oxidation sites excluding steroid dienone is 2. The molecule has 0 aromatic heterocycles. The van der Waals surface area contributed by atoms with Crippen LogP contribution in [-0.2, 0) is 12.8 Å². The van der Waals surface area contributed by atoms with E-state index in [1.165, 1.54) is 11.1 Å². The molecule has 0 saturated carbocycles. The Morgan fingerprint density at radius 2 is 1.18 bits per heavy atom. The second kappa shape index (κ2) is 7.51. The van der Waals surface area contributed by atoms with Gasteiger partial charge in [0.1, 0.15) is 11.5 Å². The highest BCUT2D eigenvalue weighted by Crippen LogP contribution is 2.37. The first-order valence-corrected chi connectivity index (χ1v) is 7.29. The van der Waals surface area contributed by atoms with E-state index in [-0.39, 0.29) is 0 Å². The van der Waals surface area contributed by atoms with E-state index < -0.39 is 0 Å². The van der Waals surface area contributed by atoms with Crippen LogP contribution in [0.2, 0.25) is 0 Å². The number of rotatable bonds is 7. The minimum atomic E-state index is 0.825. The molecule has 0 unspecified atom stereocenters. The molecule has 114 valence electrons. The molecule has 2 heteroatoms. The summed E-state index contributed by atoms with van der Waals surface area (Å²) in [5.74, 6) is 1.68. The van der Waals surface area contributed by atoms with Crippen LogP contribution in [0.3, 0.4) is 0 Å². The van der Waals surface area contributed by atoms with Crippen molar-refractivity contribution in [2.75, 3.05) is 14.2 Å². The van der Waals surface area contributed by atoms with Gasteiger partial charge >= 0.3 is 0 Å². The quantitative estimate of drug-likeness (QED) is 0.681. The van der Waals surface area contributed by atoms with Crippen molar-refractivity contribution in [1.82, 2.24) is 0 Å². The summed E-state index contributed by atoms with van der Waals surface area (Å²) in [4.78, 5) is 0. The monoisotopic (exact) mass is 294 g/mol. The van der Waals surface area contributed by atoms with Gasteiger partial charge in [-0.05, 0) is 36.1 Å². The first kappa shape index (κ1) is 15.9. The smallest absolute Gasteiger partial charge is 0.127 e. The summed E-state index contributed by atoms with van der Waals surface area (Å²) < 4.78 is 11.1. The Balaban J connectivity index is 2.50. The van der Waals surface area contributed by atoms with Gasteiger partial charge in [0.25, 0.3) is 0 Å². The molecule has 2 rings (SSSR count). The van der Waals surface area contributed by atoms with Gasteiger partial charge in [0.2, 0.25) is 0 Å². The fourth-order valence-corrected chi connectivity index (χ4v) is 2.50. The van der Waals surface area contributed by atoms with Crippen LogP contribution in [0.25, 0.3) is 11.1 Å². The van der Waals surface area contributed by atoms with E-state index >= 15 is 0 Å². The van der Waals surface area contributed by atoms with Gasteiger partial charge in [-0.2, -0.15) is 0 Å². The van der Waals surface area contributed by atoms with Crippen LogP contribution in [0.4, 0.5) is 0 Å².